The van der Waals surface area contributed by atoms with Gasteiger partial charge in [-0.25, -0.2) is 8.42 Å². The first-order valence-corrected chi connectivity index (χ1v) is 15.0. The van der Waals surface area contributed by atoms with Gasteiger partial charge in [0, 0.05) is 28.1 Å². The summed E-state index contributed by atoms with van der Waals surface area (Å²) in [5.41, 5.74) is 0. The van der Waals surface area contributed by atoms with Crippen LogP contribution in [0.25, 0.3) is 9.40 Å². The van der Waals surface area contributed by atoms with E-state index in [0.29, 0.717) is 17.7 Å². The standard InChI is InChI=1S/C24H28N4O6S3/c1-15(2)12-17(26-24(31)21-13-20-19(36-21)8-11-35-20)23(30)25-16-6-5-9-27(14-18(16)29)37(33,34)22-7-3-4-10-28(22)32/h3-4,7-8,10-11,13,15-17H,5-6,9,12,14H2,1-2H3,(H,25,30)(H,26,31)/t16-,17?/m0/s1. The summed E-state index contributed by atoms with van der Waals surface area (Å²) < 4.78 is 29.2. The Balaban J connectivity index is 1.44. The van der Waals surface area contributed by atoms with Crippen molar-refractivity contribution >= 4 is 59.7 Å². The van der Waals surface area contributed by atoms with Gasteiger partial charge < -0.3 is 15.8 Å². The number of rotatable bonds is 8. The first-order chi connectivity index (χ1) is 17.6. The maximum absolute atomic E-state index is 13.2. The highest BCUT2D eigenvalue weighted by molar-refractivity contribution is 7.89. The number of hydrogen-bond donors (Lipinski definition) is 2. The van der Waals surface area contributed by atoms with Crippen LogP contribution in [0.1, 0.15) is 42.8 Å². The van der Waals surface area contributed by atoms with E-state index in [1.165, 1.54) is 40.9 Å². The molecule has 1 fully saturated rings. The first-order valence-electron chi connectivity index (χ1n) is 11.9. The van der Waals surface area contributed by atoms with Crippen LogP contribution in [0, 0.1) is 11.1 Å². The van der Waals surface area contributed by atoms with Crippen LogP contribution in [0.5, 0.6) is 0 Å². The van der Waals surface area contributed by atoms with Crippen LogP contribution < -0.4 is 15.4 Å². The number of amides is 2. The number of pyridine rings is 1. The van der Waals surface area contributed by atoms with Gasteiger partial charge in [0.1, 0.15) is 6.04 Å². The molecule has 1 saturated heterocycles. The van der Waals surface area contributed by atoms with Crippen molar-refractivity contribution in [2.24, 2.45) is 5.92 Å². The molecule has 198 valence electrons. The second-order valence-electron chi connectivity index (χ2n) is 9.29. The normalized spacial score (nSPS) is 18.0. The molecule has 13 heteroatoms. The van der Waals surface area contributed by atoms with Gasteiger partial charge in [-0.15, -0.1) is 22.7 Å². The summed E-state index contributed by atoms with van der Waals surface area (Å²) >= 11 is 2.89. The third-order valence-electron chi connectivity index (χ3n) is 6.02. The Bertz CT molecular complexity index is 1390. The molecule has 0 aromatic carbocycles. The van der Waals surface area contributed by atoms with Crippen LogP contribution in [0.2, 0.25) is 0 Å². The second kappa shape index (κ2) is 11.3. The number of ketones is 1. The van der Waals surface area contributed by atoms with Crippen molar-refractivity contribution in [2.75, 3.05) is 13.1 Å². The fraction of sp³-hybridized carbons (Fsp3) is 0.417. The van der Waals surface area contributed by atoms with Gasteiger partial charge >= 0.3 is 15.0 Å². The molecule has 10 nitrogen and oxygen atoms in total. The average molecular weight is 565 g/mol. The molecule has 3 aromatic heterocycles. The number of carbonyl (C=O) groups is 3. The minimum absolute atomic E-state index is 0.0387. The Hall–Kier alpha value is -2.87. The number of sulfonamides is 1. The van der Waals surface area contributed by atoms with Gasteiger partial charge in [-0.1, -0.05) is 13.8 Å². The summed E-state index contributed by atoms with van der Waals surface area (Å²) in [4.78, 5) is 39.6. The lowest BCUT2D eigenvalue weighted by atomic mass is 10.0. The molecule has 0 spiro atoms. The number of aromatic nitrogens is 1. The Morgan fingerprint density at radius 2 is 2.03 bits per heavy atom. The summed E-state index contributed by atoms with van der Waals surface area (Å²) in [5, 5.41) is 19.0. The molecule has 0 radical (unpaired) electrons. The Kier molecular flexibility index (Phi) is 8.26. The monoisotopic (exact) mass is 564 g/mol. The molecule has 4 rings (SSSR count). The lowest BCUT2D eigenvalue weighted by molar-refractivity contribution is -0.646. The summed E-state index contributed by atoms with van der Waals surface area (Å²) in [7, 11) is -4.19. The lowest BCUT2D eigenvalue weighted by Crippen LogP contribution is -2.52. The van der Waals surface area contributed by atoms with E-state index >= 15 is 0 Å². The van der Waals surface area contributed by atoms with Crippen molar-refractivity contribution in [3.05, 3.63) is 52.0 Å². The number of hydrogen-bond acceptors (Lipinski definition) is 8. The van der Waals surface area contributed by atoms with Crippen molar-refractivity contribution in [1.29, 1.82) is 0 Å². The van der Waals surface area contributed by atoms with Gasteiger partial charge in [-0.3, -0.25) is 14.4 Å². The highest BCUT2D eigenvalue weighted by Gasteiger charge is 2.37. The molecule has 1 unspecified atom stereocenters. The topological polar surface area (TPSA) is 140 Å². The fourth-order valence-electron chi connectivity index (χ4n) is 4.18. The molecule has 1 aliphatic heterocycles. The Labute approximate surface area is 222 Å². The molecule has 2 N–H and O–H groups in total. The third kappa shape index (κ3) is 6.17. The van der Waals surface area contributed by atoms with E-state index in [-0.39, 0.29) is 29.5 Å². The van der Waals surface area contributed by atoms with Crippen LogP contribution in [-0.2, 0) is 19.6 Å². The van der Waals surface area contributed by atoms with E-state index in [2.05, 4.69) is 10.6 Å². The zero-order valence-electron chi connectivity index (χ0n) is 20.4. The minimum atomic E-state index is -4.19. The van der Waals surface area contributed by atoms with Crippen LogP contribution in [0.3, 0.4) is 0 Å². The van der Waals surface area contributed by atoms with E-state index in [9.17, 15) is 28.0 Å². The Morgan fingerprint density at radius 3 is 2.73 bits per heavy atom. The van der Waals surface area contributed by atoms with Gasteiger partial charge in [0.05, 0.1) is 17.5 Å². The molecule has 2 amide bonds. The maximum Gasteiger partial charge on any atom is 0.323 e. The highest BCUT2D eigenvalue weighted by atomic mass is 32.2. The van der Waals surface area contributed by atoms with Crippen LogP contribution >= 0.6 is 22.7 Å². The molecule has 3 aromatic rings. The molecule has 2 atom stereocenters. The minimum Gasteiger partial charge on any atom is -0.618 e. The van der Waals surface area contributed by atoms with Crippen LogP contribution in [0.4, 0.5) is 0 Å². The smallest absolute Gasteiger partial charge is 0.323 e. The summed E-state index contributed by atoms with van der Waals surface area (Å²) in [6, 6.07) is 6.02. The molecule has 0 aliphatic carbocycles. The summed E-state index contributed by atoms with van der Waals surface area (Å²) in [5.74, 6) is -1.23. The first kappa shape index (κ1) is 27.2. The zero-order valence-corrected chi connectivity index (χ0v) is 22.8. The van der Waals surface area contributed by atoms with Crippen LogP contribution in [0.15, 0.2) is 46.9 Å². The van der Waals surface area contributed by atoms with E-state index in [4.69, 9.17) is 0 Å². The van der Waals surface area contributed by atoms with Gasteiger partial charge in [0.15, 0.2) is 12.0 Å². The van der Waals surface area contributed by atoms with E-state index in [1.807, 2.05) is 25.3 Å². The van der Waals surface area contributed by atoms with Gasteiger partial charge in [-0.2, -0.15) is 9.04 Å². The molecule has 4 heterocycles. The molecule has 0 bridgehead atoms. The molecule has 1 aliphatic rings. The maximum atomic E-state index is 13.2. The van der Waals surface area contributed by atoms with Gasteiger partial charge in [0.2, 0.25) is 5.91 Å². The predicted molar refractivity (Wildman–Crippen MR) is 141 cm³/mol. The number of nitrogens with zero attached hydrogens (tertiary/aromatic N) is 2. The van der Waals surface area contributed by atoms with E-state index in [0.717, 1.165) is 19.9 Å². The highest BCUT2D eigenvalue weighted by Crippen LogP contribution is 2.30. The van der Waals surface area contributed by atoms with Crippen molar-refractivity contribution < 1.29 is 27.5 Å². The number of Topliss-reactive ketones (excluding diaryl/α,β-unsaturated/α-hetero) is 1. The molecular formula is C24H28N4O6S3. The molecular weight excluding hydrogens is 536 g/mol. The molecule has 0 saturated carbocycles. The second-order valence-corrected chi connectivity index (χ2v) is 13.2. The summed E-state index contributed by atoms with van der Waals surface area (Å²) in [6.45, 7) is 3.43. The van der Waals surface area contributed by atoms with Gasteiger partial charge in [-0.05, 0) is 48.8 Å². The van der Waals surface area contributed by atoms with Crippen molar-refractivity contribution in [1.82, 2.24) is 14.9 Å². The summed E-state index contributed by atoms with van der Waals surface area (Å²) in [6.07, 6.45) is 2.01. The zero-order chi connectivity index (χ0) is 26.7. The average Bonchev–Trinajstić information content (AvgIpc) is 3.39. The lowest BCUT2D eigenvalue weighted by Gasteiger charge is -2.23. The number of carbonyl (C=O) groups excluding carboxylic acids is 3. The SMILES string of the molecule is CC(C)CC(NC(=O)c1cc2sccc2s1)C(=O)N[C@H]1CCCN(S(=O)(=O)c2cccc[n+]2[O-])CC1=O. The van der Waals surface area contributed by atoms with Crippen molar-refractivity contribution in [3.8, 4) is 0 Å². The number of thiophene rings is 2. The number of nitrogens with one attached hydrogen (secondary N) is 2. The van der Waals surface area contributed by atoms with Crippen LogP contribution in [-0.4, -0.2) is 55.5 Å². The van der Waals surface area contributed by atoms with E-state index < -0.39 is 45.4 Å². The Morgan fingerprint density at radius 1 is 1.24 bits per heavy atom. The van der Waals surface area contributed by atoms with E-state index in [1.54, 1.807) is 6.07 Å². The van der Waals surface area contributed by atoms with Crippen molar-refractivity contribution in [3.63, 3.8) is 0 Å². The largest absolute Gasteiger partial charge is 0.618 e. The van der Waals surface area contributed by atoms with Crippen molar-refractivity contribution in [2.45, 2.75) is 50.2 Å². The third-order valence-corrected chi connectivity index (χ3v) is 9.95. The molecule has 37 heavy (non-hydrogen) atoms. The quantitative estimate of drug-likeness (QED) is 0.318. The predicted octanol–water partition coefficient (Wildman–Crippen LogP) is 2.28. The number of fused-ring (bicyclic) bond motifs is 1. The fourth-order valence-corrected chi connectivity index (χ4v) is 7.66. The van der Waals surface area contributed by atoms with Gasteiger partial charge in [0.25, 0.3) is 5.91 Å².